The summed E-state index contributed by atoms with van der Waals surface area (Å²) in [5, 5.41) is 7.33. The fourth-order valence-corrected chi connectivity index (χ4v) is 3.08. The molecular weight excluding hydrogens is 282 g/mol. The van der Waals surface area contributed by atoms with Crippen LogP contribution in [0.15, 0.2) is 18.2 Å². The maximum absolute atomic E-state index is 12.1. The summed E-state index contributed by atoms with van der Waals surface area (Å²) in [5.74, 6) is 2.12. The first-order chi connectivity index (χ1) is 10.5. The first-order valence-corrected chi connectivity index (χ1v) is 7.10. The Labute approximate surface area is 129 Å². The van der Waals surface area contributed by atoms with Crippen LogP contribution in [0.3, 0.4) is 0 Å². The van der Waals surface area contributed by atoms with Gasteiger partial charge in [0.05, 0.1) is 19.9 Å². The monoisotopic (exact) mass is 301 g/mol. The number of hydrogen-bond acceptors (Lipinski definition) is 4. The maximum atomic E-state index is 12.1. The summed E-state index contributed by atoms with van der Waals surface area (Å²) in [7, 11) is 5.07. The number of aromatic nitrogens is 2. The van der Waals surface area contributed by atoms with Gasteiger partial charge in [-0.15, -0.1) is 0 Å². The summed E-state index contributed by atoms with van der Waals surface area (Å²) < 4.78 is 12.5. The molecule has 1 N–H and O–H groups in total. The van der Waals surface area contributed by atoms with E-state index in [9.17, 15) is 4.79 Å². The van der Waals surface area contributed by atoms with Crippen molar-refractivity contribution in [3.05, 3.63) is 35.0 Å². The third kappa shape index (κ3) is 2.20. The van der Waals surface area contributed by atoms with Gasteiger partial charge in [-0.25, -0.2) is 0 Å². The maximum Gasteiger partial charge on any atom is 0.226 e. The van der Waals surface area contributed by atoms with Crippen molar-refractivity contribution in [2.45, 2.75) is 19.3 Å². The lowest BCUT2D eigenvalue weighted by Gasteiger charge is -2.25. The van der Waals surface area contributed by atoms with E-state index < -0.39 is 0 Å². The molecule has 1 aromatic heterocycles. The molecule has 0 spiro atoms. The number of benzene rings is 1. The molecule has 3 rings (SSSR count). The van der Waals surface area contributed by atoms with Crippen molar-refractivity contribution in [2.24, 2.45) is 7.05 Å². The van der Waals surface area contributed by atoms with Gasteiger partial charge < -0.3 is 14.8 Å². The Morgan fingerprint density at radius 1 is 1.32 bits per heavy atom. The second-order valence-corrected chi connectivity index (χ2v) is 5.38. The highest BCUT2D eigenvalue weighted by Gasteiger charge is 2.33. The van der Waals surface area contributed by atoms with Crippen LogP contribution in [0, 0.1) is 6.92 Å². The molecule has 1 atom stereocenters. The van der Waals surface area contributed by atoms with Gasteiger partial charge in [0.1, 0.15) is 17.3 Å². The molecule has 6 nitrogen and oxygen atoms in total. The molecule has 0 saturated heterocycles. The van der Waals surface area contributed by atoms with Crippen LogP contribution in [0.2, 0.25) is 0 Å². The molecule has 0 unspecified atom stereocenters. The predicted molar refractivity (Wildman–Crippen MR) is 82.6 cm³/mol. The summed E-state index contributed by atoms with van der Waals surface area (Å²) in [4.78, 5) is 12.1. The molecule has 1 aliphatic rings. The zero-order valence-electron chi connectivity index (χ0n) is 13.1. The zero-order chi connectivity index (χ0) is 15.9. The van der Waals surface area contributed by atoms with Gasteiger partial charge in [-0.05, 0) is 13.0 Å². The molecule has 22 heavy (non-hydrogen) atoms. The van der Waals surface area contributed by atoms with Crippen molar-refractivity contribution in [3.63, 3.8) is 0 Å². The van der Waals surface area contributed by atoms with Crippen LogP contribution in [-0.4, -0.2) is 29.9 Å². The Kier molecular flexibility index (Phi) is 3.52. The lowest BCUT2D eigenvalue weighted by Crippen LogP contribution is -2.25. The number of aryl methyl sites for hydroxylation is 2. The summed E-state index contributed by atoms with van der Waals surface area (Å²) >= 11 is 0. The van der Waals surface area contributed by atoms with Crippen molar-refractivity contribution in [1.82, 2.24) is 9.78 Å². The molecule has 0 radical (unpaired) electrons. The molecule has 0 fully saturated rings. The van der Waals surface area contributed by atoms with Crippen molar-refractivity contribution in [2.75, 3.05) is 19.5 Å². The number of ether oxygens (including phenoxy) is 2. The fourth-order valence-electron chi connectivity index (χ4n) is 3.08. The minimum Gasteiger partial charge on any atom is -0.497 e. The van der Waals surface area contributed by atoms with E-state index in [4.69, 9.17) is 9.47 Å². The number of amides is 1. The Balaban J connectivity index is 2.15. The molecule has 6 heteroatoms. The number of carbonyl (C=O) groups excluding carboxylic acids is 1. The highest BCUT2D eigenvalue weighted by atomic mass is 16.5. The number of anilines is 1. The molecule has 116 valence electrons. The van der Waals surface area contributed by atoms with Gasteiger partial charge in [-0.3, -0.25) is 9.48 Å². The van der Waals surface area contributed by atoms with E-state index in [1.165, 1.54) is 0 Å². The van der Waals surface area contributed by atoms with E-state index in [0.29, 0.717) is 12.2 Å². The van der Waals surface area contributed by atoms with Crippen LogP contribution in [0.25, 0.3) is 0 Å². The van der Waals surface area contributed by atoms with Crippen LogP contribution in [0.4, 0.5) is 5.82 Å². The minimum atomic E-state index is -0.0710. The van der Waals surface area contributed by atoms with Gasteiger partial charge in [0.25, 0.3) is 0 Å². The molecule has 1 aromatic carbocycles. The third-order valence-electron chi connectivity index (χ3n) is 4.08. The van der Waals surface area contributed by atoms with Crippen LogP contribution >= 0.6 is 0 Å². The van der Waals surface area contributed by atoms with Crippen LogP contribution in [0.5, 0.6) is 11.5 Å². The molecular formula is C16H19N3O3. The molecule has 2 heterocycles. The van der Waals surface area contributed by atoms with Crippen LogP contribution in [0.1, 0.15) is 29.2 Å². The fraction of sp³-hybridized carbons (Fsp3) is 0.375. The normalized spacial score (nSPS) is 16.9. The number of rotatable bonds is 3. The van der Waals surface area contributed by atoms with E-state index in [1.807, 2.05) is 32.2 Å². The number of carbonyl (C=O) groups is 1. The second-order valence-electron chi connectivity index (χ2n) is 5.38. The van der Waals surface area contributed by atoms with Gasteiger partial charge in [0.2, 0.25) is 5.91 Å². The van der Waals surface area contributed by atoms with Gasteiger partial charge in [-0.1, -0.05) is 6.07 Å². The highest BCUT2D eigenvalue weighted by molar-refractivity contribution is 5.94. The third-order valence-corrected chi connectivity index (χ3v) is 4.08. The predicted octanol–water partition coefficient (Wildman–Crippen LogP) is 2.22. The summed E-state index contributed by atoms with van der Waals surface area (Å²) in [6.45, 7) is 1.96. The Hall–Kier alpha value is -2.50. The van der Waals surface area contributed by atoms with Crippen LogP contribution in [-0.2, 0) is 11.8 Å². The van der Waals surface area contributed by atoms with E-state index >= 15 is 0 Å². The van der Waals surface area contributed by atoms with E-state index in [1.54, 1.807) is 18.9 Å². The molecule has 0 aliphatic carbocycles. The molecule has 1 amide bonds. The number of nitrogens with zero attached hydrogens (tertiary/aromatic N) is 2. The Bertz CT molecular complexity index is 736. The average Bonchev–Trinajstić information content (AvgIpc) is 2.80. The first-order valence-electron chi connectivity index (χ1n) is 7.10. The Morgan fingerprint density at radius 3 is 2.77 bits per heavy atom. The van der Waals surface area contributed by atoms with E-state index in [0.717, 1.165) is 28.4 Å². The lowest BCUT2D eigenvalue weighted by atomic mass is 9.85. The highest BCUT2D eigenvalue weighted by Crippen LogP contribution is 2.42. The smallest absolute Gasteiger partial charge is 0.226 e. The van der Waals surface area contributed by atoms with Gasteiger partial charge in [0.15, 0.2) is 0 Å². The SMILES string of the molecule is COc1ccc([C@@H]2CC(=O)Nc3c2c(C)nn3C)c(OC)c1. The van der Waals surface area contributed by atoms with E-state index in [2.05, 4.69) is 10.4 Å². The number of hydrogen-bond donors (Lipinski definition) is 1. The largest absolute Gasteiger partial charge is 0.497 e. The van der Waals surface area contributed by atoms with Crippen molar-refractivity contribution >= 4 is 11.7 Å². The van der Waals surface area contributed by atoms with Crippen LogP contribution < -0.4 is 14.8 Å². The minimum absolute atomic E-state index is 0.0154. The second kappa shape index (κ2) is 5.36. The van der Waals surface area contributed by atoms with E-state index in [-0.39, 0.29) is 11.8 Å². The summed E-state index contributed by atoms with van der Waals surface area (Å²) in [6, 6.07) is 5.68. The topological polar surface area (TPSA) is 65.4 Å². The Morgan fingerprint density at radius 2 is 2.09 bits per heavy atom. The number of nitrogens with one attached hydrogen (secondary N) is 1. The standard InChI is InChI=1S/C16H19N3O3/c1-9-15-12(8-14(20)17-16(15)19(2)18-9)11-6-5-10(21-3)7-13(11)22-4/h5-7,12H,8H2,1-4H3,(H,17,20)/t12-/m0/s1. The van der Waals surface area contributed by atoms with Gasteiger partial charge in [0, 0.05) is 36.6 Å². The lowest BCUT2D eigenvalue weighted by molar-refractivity contribution is -0.116. The molecule has 0 bridgehead atoms. The van der Waals surface area contributed by atoms with Gasteiger partial charge in [-0.2, -0.15) is 5.10 Å². The quantitative estimate of drug-likeness (QED) is 0.944. The number of fused-ring (bicyclic) bond motifs is 1. The average molecular weight is 301 g/mol. The van der Waals surface area contributed by atoms with Gasteiger partial charge >= 0.3 is 0 Å². The van der Waals surface area contributed by atoms with Crippen molar-refractivity contribution in [3.8, 4) is 11.5 Å². The first kappa shape index (κ1) is 14.4. The summed E-state index contributed by atoms with van der Waals surface area (Å²) in [6.07, 6.45) is 0.377. The molecule has 1 aliphatic heterocycles. The number of methoxy groups -OCH3 is 2. The zero-order valence-corrected chi connectivity index (χ0v) is 13.1. The van der Waals surface area contributed by atoms with Crippen molar-refractivity contribution < 1.29 is 14.3 Å². The molecule has 0 saturated carbocycles. The van der Waals surface area contributed by atoms with Crippen molar-refractivity contribution in [1.29, 1.82) is 0 Å². The summed E-state index contributed by atoms with van der Waals surface area (Å²) in [5.41, 5.74) is 2.93. The molecule has 2 aromatic rings.